The van der Waals surface area contributed by atoms with Crippen molar-refractivity contribution in [1.29, 1.82) is 0 Å². The maximum Gasteiger partial charge on any atom is 0.403 e. The summed E-state index contributed by atoms with van der Waals surface area (Å²) >= 11 is 6.37. The Labute approximate surface area is 212 Å². The number of carboxylic acid groups (broad SMARTS) is 1. The van der Waals surface area contributed by atoms with Crippen LogP contribution in [-0.2, 0) is 19.4 Å². The van der Waals surface area contributed by atoms with Gasteiger partial charge in [-0.25, -0.2) is 13.2 Å². The van der Waals surface area contributed by atoms with Crippen molar-refractivity contribution in [3.05, 3.63) is 23.2 Å². The molecule has 13 heteroatoms. The fourth-order valence-corrected chi connectivity index (χ4v) is 7.33. The van der Waals surface area contributed by atoms with Crippen LogP contribution in [0.25, 0.3) is 0 Å². The fourth-order valence-electron chi connectivity index (χ4n) is 5.09. The second-order valence-corrected chi connectivity index (χ2v) is 12.6. The Hall–Kier alpha value is -2.05. The van der Waals surface area contributed by atoms with E-state index in [0.29, 0.717) is 10.9 Å². The highest BCUT2D eigenvalue weighted by molar-refractivity contribution is 7.92. The predicted molar refractivity (Wildman–Crippen MR) is 127 cm³/mol. The lowest BCUT2D eigenvalue weighted by Crippen LogP contribution is -2.49. The maximum atomic E-state index is 13.5. The molecule has 4 rings (SSSR count). The number of aliphatic carboxylic acids is 1. The molecule has 8 nitrogen and oxygen atoms in total. The van der Waals surface area contributed by atoms with Crippen molar-refractivity contribution in [2.45, 2.75) is 61.5 Å². The molecule has 36 heavy (non-hydrogen) atoms. The Morgan fingerprint density at radius 3 is 2.22 bits per heavy atom. The van der Waals surface area contributed by atoms with Crippen molar-refractivity contribution in [2.24, 2.45) is 5.41 Å². The van der Waals surface area contributed by atoms with Crippen LogP contribution in [0.4, 0.5) is 18.9 Å². The Kier molecular flexibility index (Phi) is 7.02. The van der Waals surface area contributed by atoms with Crippen LogP contribution in [0.3, 0.4) is 0 Å². The van der Waals surface area contributed by atoms with Gasteiger partial charge >= 0.3 is 12.1 Å². The molecule has 1 amide bonds. The summed E-state index contributed by atoms with van der Waals surface area (Å²) in [6.45, 7) is 6.77. The molecular weight excluding hydrogens is 523 g/mol. The van der Waals surface area contributed by atoms with Gasteiger partial charge in [0.15, 0.2) is 9.84 Å². The van der Waals surface area contributed by atoms with Crippen LogP contribution in [0, 0.1) is 5.41 Å². The lowest BCUT2D eigenvalue weighted by Gasteiger charge is -2.38. The number of carbonyl (C=O) groups is 2. The summed E-state index contributed by atoms with van der Waals surface area (Å²) in [6, 6.07) is 3.27. The first-order valence-electron chi connectivity index (χ1n) is 11.8. The molecule has 0 spiro atoms. The molecule has 2 heterocycles. The van der Waals surface area contributed by atoms with Crippen LogP contribution in [0.1, 0.15) is 33.1 Å². The van der Waals surface area contributed by atoms with Crippen molar-refractivity contribution >= 4 is 39.0 Å². The van der Waals surface area contributed by atoms with Gasteiger partial charge in [-0.1, -0.05) is 11.6 Å². The molecule has 0 radical (unpaired) electrons. The zero-order chi connectivity index (χ0) is 26.6. The average molecular weight is 552 g/mol. The highest BCUT2D eigenvalue weighted by Crippen LogP contribution is 2.59. The highest BCUT2D eigenvalue weighted by Gasteiger charge is 2.70. The van der Waals surface area contributed by atoms with E-state index in [0.717, 1.165) is 31.9 Å². The molecule has 2 saturated heterocycles. The van der Waals surface area contributed by atoms with Gasteiger partial charge in [0.2, 0.25) is 5.91 Å². The van der Waals surface area contributed by atoms with E-state index in [1.165, 1.54) is 12.1 Å². The summed E-state index contributed by atoms with van der Waals surface area (Å²) in [4.78, 5) is 29.3. The number of hydrogen-bond donors (Lipinski definition) is 1. The van der Waals surface area contributed by atoms with Gasteiger partial charge in [0.25, 0.3) is 0 Å². The van der Waals surface area contributed by atoms with E-state index in [1.54, 1.807) is 6.07 Å². The first kappa shape index (κ1) is 27.0. The number of amides is 1. The number of nitrogens with zero attached hydrogens (tertiary/aromatic N) is 3. The normalized spacial score (nSPS) is 24.9. The number of carbonyl (C=O) groups excluding carboxylic acids is 1. The van der Waals surface area contributed by atoms with E-state index < -0.39 is 70.4 Å². The molecular formula is C23H29ClF3N3O5S. The van der Waals surface area contributed by atoms with Crippen LogP contribution in [0.5, 0.6) is 0 Å². The number of carboxylic acids is 1. The van der Waals surface area contributed by atoms with Gasteiger partial charge in [-0.2, -0.15) is 13.2 Å². The number of piperazine rings is 1. The largest absolute Gasteiger partial charge is 0.480 e. The Bertz CT molecular complexity index is 1150. The predicted octanol–water partition coefficient (Wildman–Crippen LogP) is 3.04. The van der Waals surface area contributed by atoms with Gasteiger partial charge in [0, 0.05) is 44.5 Å². The molecule has 0 bridgehead atoms. The summed E-state index contributed by atoms with van der Waals surface area (Å²) in [5.41, 5.74) is -1.88. The standard InChI is InChI=1S/C23H29ClF3N3O5S/c1-14(2)28-7-9-29(10-8-28)15-3-4-19(17(24)11-15)36(34,35)16-12-18(20(31)32)30(13-16)21(33)22(5-6-22)23(25,26)27/h3-4,11,14,16,18H,5-10,12-13H2,1-2H3,(H,31,32). The summed E-state index contributed by atoms with van der Waals surface area (Å²) < 4.78 is 67.3. The molecule has 1 N–H and O–H groups in total. The van der Waals surface area contributed by atoms with Crippen molar-refractivity contribution in [3.8, 4) is 0 Å². The summed E-state index contributed by atoms with van der Waals surface area (Å²) in [5, 5.41) is 8.12. The molecule has 3 aliphatic rings. The van der Waals surface area contributed by atoms with E-state index in [9.17, 15) is 36.3 Å². The van der Waals surface area contributed by atoms with Gasteiger partial charge in [-0.15, -0.1) is 0 Å². The quantitative estimate of drug-likeness (QED) is 0.580. The van der Waals surface area contributed by atoms with E-state index >= 15 is 0 Å². The number of alkyl halides is 3. The second kappa shape index (κ2) is 9.36. The van der Waals surface area contributed by atoms with Crippen molar-refractivity contribution < 1.29 is 36.3 Å². The molecule has 2 atom stereocenters. The Balaban J connectivity index is 1.54. The van der Waals surface area contributed by atoms with Gasteiger partial charge in [-0.3, -0.25) is 9.69 Å². The van der Waals surface area contributed by atoms with E-state index in [4.69, 9.17) is 11.6 Å². The smallest absolute Gasteiger partial charge is 0.403 e. The number of rotatable bonds is 6. The Morgan fingerprint density at radius 1 is 1.14 bits per heavy atom. The highest BCUT2D eigenvalue weighted by atomic mass is 35.5. The third-order valence-electron chi connectivity index (χ3n) is 7.58. The second-order valence-electron chi connectivity index (χ2n) is 10.0. The monoisotopic (exact) mass is 551 g/mol. The van der Waals surface area contributed by atoms with Crippen LogP contribution in [-0.4, -0.2) is 91.4 Å². The molecule has 1 aliphatic carbocycles. The van der Waals surface area contributed by atoms with Crippen molar-refractivity contribution in [2.75, 3.05) is 37.6 Å². The van der Waals surface area contributed by atoms with E-state index in [2.05, 4.69) is 23.6 Å². The lowest BCUT2D eigenvalue weighted by atomic mass is 10.0. The summed E-state index contributed by atoms with van der Waals surface area (Å²) in [7, 11) is -4.23. The molecule has 1 saturated carbocycles. The number of anilines is 1. The topological polar surface area (TPSA) is 98.2 Å². The van der Waals surface area contributed by atoms with Gasteiger partial charge < -0.3 is 14.9 Å². The van der Waals surface area contributed by atoms with Crippen LogP contribution in [0.2, 0.25) is 5.02 Å². The zero-order valence-electron chi connectivity index (χ0n) is 20.0. The van der Waals surface area contributed by atoms with E-state index in [1.807, 2.05) is 0 Å². The van der Waals surface area contributed by atoms with Crippen molar-refractivity contribution in [1.82, 2.24) is 9.80 Å². The maximum absolute atomic E-state index is 13.5. The number of sulfone groups is 1. The summed E-state index contributed by atoms with van der Waals surface area (Å²) in [6.07, 6.45) is -6.21. The molecule has 2 aliphatic heterocycles. The first-order chi connectivity index (χ1) is 16.7. The molecule has 3 fully saturated rings. The SMILES string of the molecule is CC(C)N1CCN(c2ccc(S(=O)(=O)C3CC(C(=O)O)N(C(=O)C4(C(F)(F)F)CC4)C3)c(Cl)c2)CC1. The number of benzene rings is 1. The minimum Gasteiger partial charge on any atom is -0.480 e. The minimum atomic E-state index is -4.83. The van der Waals surface area contributed by atoms with Crippen molar-refractivity contribution in [3.63, 3.8) is 0 Å². The lowest BCUT2D eigenvalue weighted by molar-refractivity contribution is -0.199. The van der Waals surface area contributed by atoms with Gasteiger partial charge in [-0.05, 0) is 51.3 Å². The number of halogens is 4. The van der Waals surface area contributed by atoms with Crippen LogP contribution < -0.4 is 4.90 Å². The fraction of sp³-hybridized carbons (Fsp3) is 0.652. The zero-order valence-corrected chi connectivity index (χ0v) is 21.5. The number of likely N-dealkylation sites (tertiary alicyclic amines) is 1. The molecule has 1 aromatic rings. The summed E-state index contributed by atoms with van der Waals surface area (Å²) in [5.74, 6) is -2.91. The van der Waals surface area contributed by atoms with E-state index in [-0.39, 0.29) is 9.92 Å². The third-order valence-corrected chi connectivity index (χ3v) is 10.2. The molecule has 1 aromatic carbocycles. The molecule has 200 valence electrons. The van der Waals surface area contributed by atoms with Gasteiger partial charge in [0.05, 0.1) is 15.2 Å². The molecule has 0 aromatic heterocycles. The third kappa shape index (κ3) is 4.67. The first-order valence-corrected chi connectivity index (χ1v) is 13.7. The Morgan fingerprint density at radius 2 is 1.75 bits per heavy atom. The molecule has 2 unspecified atom stereocenters. The minimum absolute atomic E-state index is 0.0515. The van der Waals surface area contributed by atoms with Crippen LogP contribution >= 0.6 is 11.6 Å². The average Bonchev–Trinajstić information content (AvgIpc) is 3.50. The van der Waals surface area contributed by atoms with Gasteiger partial charge in [0.1, 0.15) is 11.5 Å². The number of hydrogen-bond acceptors (Lipinski definition) is 6. The van der Waals surface area contributed by atoms with Crippen LogP contribution in [0.15, 0.2) is 23.1 Å².